The summed E-state index contributed by atoms with van der Waals surface area (Å²) in [7, 11) is 0. The van der Waals surface area contributed by atoms with Crippen molar-refractivity contribution >= 4 is 5.91 Å². The number of nitrogens with zero attached hydrogens (tertiary/aromatic N) is 3. The highest BCUT2D eigenvalue weighted by molar-refractivity contribution is 5.77. The van der Waals surface area contributed by atoms with Crippen molar-refractivity contribution in [2.75, 3.05) is 13.1 Å². The van der Waals surface area contributed by atoms with Crippen LogP contribution in [0.15, 0.2) is 12.4 Å². The fourth-order valence-electron chi connectivity index (χ4n) is 3.09. The van der Waals surface area contributed by atoms with Crippen LogP contribution in [0.25, 0.3) is 0 Å². The molecule has 0 aromatic carbocycles. The minimum atomic E-state index is 0.264. The minimum Gasteiger partial charge on any atom is -0.333 e. The zero-order valence-corrected chi connectivity index (χ0v) is 11.5. The maximum atomic E-state index is 12.4. The SMILES string of the molecule is CC1CCCNC1CC(=O)N1CCn2ccnc2C1. The number of imidazole rings is 1. The van der Waals surface area contributed by atoms with Crippen LogP contribution in [-0.4, -0.2) is 39.5 Å². The van der Waals surface area contributed by atoms with Gasteiger partial charge in [-0.15, -0.1) is 0 Å². The van der Waals surface area contributed by atoms with E-state index in [1.807, 2.05) is 17.3 Å². The van der Waals surface area contributed by atoms with E-state index in [0.29, 0.717) is 24.9 Å². The van der Waals surface area contributed by atoms with Crippen LogP contribution in [0.4, 0.5) is 0 Å². The normalized spacial score (nSPS) is 27.1. The van der Waals surface area contributed by atoms with E-state index in [1.165, 1.54) is 12.8 Å². The Balaban J connectivity index is 1.59. The van der Waals surface area contributed by atoms with Crippen LogP contribution in [0.3, 0.4) is 0 Å². The van der Waals surface area contributed by atoms with Crippen molar-refractivity contribution in [2.24, 2.45) is 5.92 Å². The van der Waals surface area contributed by atoms with Gasteiger partial charge in [0, 0.05) is 37.9 Å². The first kappa shape index (κ1) is 12.7. The van der Waals surface area contributed by atoms with Crippen LogP contribution in [0.2, 0.25) is 0 Å². The van der Waals surface area contributed by atoms with Crippen molar-refractivity contribution < 1.29 is 4.79 Å². The van der Waals surface area contributed by atoms with Gasteiger partial charge in [-0.1, -0.05) is 6.92 Å². The van der Waals surface area contributed by atoms with Crippen LogP contribution < -0.4 is 5.32 Å². The van der Waals surface area contributed by atoms with Gasteiger partial charge in [-0.2, -0.15) is 0 Å². The maximum Gasteiger partial charge on any atom is 0.224 e. The fraction of sp³-hybridized carbons (Fsp3) is 0.714. The number of rotatable bonds is 2. The molecular formula is C14H22N4O. The Hall–Kier alpha value is -1.36. The molecule has 0 radical (unpaired) electrons. The standard InChI is InChI=1S/C14H22N4O/c1-11-3-2-4-15-12(11)9-14(19)18-8-7-17-6-5-16-13(17)10-18/h5-6,11-12,15H,2-4,7-10H2,1H3. The predicted octanol–water partition coefficient (Wildman–Crippen LogP) is 1.00. The summed E-state index contributed by atoms with van der Waals surface area (Å²) in [6, 6.07) is 0.350. The Morgan fingerprint density at radius 1 is 1.53 bits per heavy atom. The highest BCUT2D eigenvalue weighted by Crippen LogP contribution is 2.20. The molecule has 5 nitrogen and oxygen atoms in total. The lowest BCUT2D eigenvalue weighted by atomic mass is 9.90. The highest BCUT2D eigenvalue weighted by atomic mass is 16.2. The van der Waals surface area contributed by atoms with Gasteiger partial charge in [0.15, 0.2) is 0 Å². The summed E-state index contributed by atoms with van der Waals surface area (Å²) in [5.74, 6) is 1.87. The number of carbonyl (C=O) groups excluding carboxylic acids is 1. The molecule has 1 saturated heterocycles. The second-order valence-electron chi connectivity index (χ2n) is 5.74. The average Bonchev–Trinajstić information content (AvgIpc) is 2.88. The van der Waals surface area contributed by atoms with Gasteiger partial charge in [0.25, 0.3) is 0 Å². The van der Waals surface area contributed by atoms with Crippen molar-refractivity contribution in [1.29, 1.82) is 0 Å². The van der Waals surface area contributed by atoms with Crippen molar-refractivity contribution in [1.82, 2.24) is 19.8 Å². The van der Waals surface area contributed by atoms with E-state index in [2.05, 4.69) is 21.8 Å². The van der Waals surface area contributed by atoms with E-state index >= 15 is 0 Å². The van der Waals surface area contributed by atoms with Gasteiger partial charge in [-0.3, -0.25) is 4.79 Å². The molecule has 2 atom stereocenters. The number of piperidine rings is 1. The minimum absolute atomic E-state index is 0.264. The summed E-state index contributed by atoms with van der Waals surface area (Å²) >= 11 is 0. The molecule has 104 valence electrons. The number of carbonyl (C=O) groups is 1. The van der Waals surface area contributed by atoms with Crippen LogP contribution in [0, 0.1) is 5.92 Å². The number of hydrogen-bond donors (Lipinski definition) is 1. The average molecular weight is 262 g/mol. The molecule has 2 aliphatic rings. The molecule has 2 unspecified atom stereocenters. The first-order valence-corrected chi connectivity index (χ1v) is 7.25. The van der Waals surface area contributed by atoms with Crippen LogP contribution in [0.5, 0.6) is 0 Å². The summed E-state index contributed by atoms with van der Waals surface area (Å²) in [6.45, 7) is 5.63. The van der Waals surface area contributed by atoms with Crippen molar-refractivity contribution in [3.05, 3.63) is 18.2 Å². The van der Waals surface area contributed by atoms with E-state index in [4.69, 9.17) is 0 Å². The molecule has 0 bridgehead atoms. The molecule has 19 heavy (non-hydrogen) atoms. The first-order chi connectivity index (χ1) is 9.24. The van der Waals surface area contributed by atoms with Crippen molar-refractivity contribution in [2.45, 2.75) is 45.3 Å². The van der Waals surface area contributed by atoms with Gasteiger partial charge in [0.2, 0.25) is 5.91 Å². The van der Waals surface area contributed by atoms with E-state index in [9.17, 15) is 4.79 Å². The Bertz CT molecular complexity index is 456. The smallest absolute Gasteiger partial charge is 0.224 e. The maximum absolute atomic E-state index is 12.4. The second-order valence-corrected chi connectivity index (χ2v) is 5.74. The van der Waals surface area contributed by atoms with Crippen LogP contribution in [0.1, 0.15) is 32.0 Å². The lowest BCUT2D eigenvalue weighted by molar-refractivity contribution is -0.133. The molecule has 0 saturated carbocycles. The summed E-state index contributed by atoms with van der Waals surface area (Å²) in [5, 5.41) is 3.48. The molecule has 3 heterocycles. The van der Waals surface area contributed by atoms with E-state index in [1.54, 1.807) is 0 Å². The lowest BCUT2D eigenvalue weighted by Crippen LogP contribution is -2.46. The zero-order chi connectivity index (χ0) is 13.2. The molecule has 1 amide bonds. The molecule has 1 aromatic rings. The number of hydrogen-bond acceptors (Lipinski definition) is 3. The third-order valence-corrected chi connectivity index (χ3v) is 4.42. The third kappa shape index (κ3) is 2.66. The Morgan fingerprint density at radius 3 is 3.26 bits per heavy atom. The van der Waals surface area contributed by atoms with Gasteiger partial charge >= 0.3 is 0 Å². The van der Waals surface area contributed by atoms with Crippen molar-refractivity contribution in [3.63, 3.8) is 0 Å². The summed E-state index contributed by atoms with van der Waals surface area (Å²) in [6.07, 6.45) is 6.89. The molecule has 1 fully saturated rings. The van der Waals surface area contributed by atoms with E-state index in [0.717, 1.165) is 25.5 Å². The summed E-state index contributed by atoms with van der Waals surface area (Å²) in [5.41, 5.74) is 0. The van der Waals surface area contributed by atoms with Gasteiger partial charge in [-0.05, 0) is 25.3 Å². The molecule has 5 heteroatoms. The summed E-state index contributed by atoms with van der Waals surface area (Å²) < 4.78 is 2.13. The quantitative estimate of drug-likeness (QED) is 0.865. The van der Waals surface area contributed by atoms with Crippen LogP contribution >= 0.6 is 0 Å². The number of nitrogens with one attached hydrogen (secondary N) is 1. The number of amides is 1. The monoisotopic (exact) mass is 262 g/mol. The number of aromatic nitrogens is 2. The predicted molar refractivity (Wildman–Crippen MR) is 72.4 cm³/mol. The van der Waals surface area contributed by atoms with E-state index < -0.39 is 0 Å². The third-order valence-electron chi connectivity index (χ3n) is 4.42. The van der Waals surface area contributed by atoms with E-state index in [-0.39, 0.29) is 5.91 Å². The van der Waals surface area contributed by atoms with Gasteiger partial charge < -0.3 is 14.8 Å². The Kier molecular flexibility index (Phi) is 3.55. The Morgan fingerprint density at radius 2 is 2.42 bits per heavy atom. The molecule has 0 aliphatic carbocycles. The fourth-order valence-corrected chi connectivity index (χ4v) is 3.09. The zero-order valence-electron chi connectivity index (χ0n) is 11.5. The first-order valence-electron chi connectivity index (χ1n) is 7.25. The lowest BCUT2D eigenvalue weighted by Gasteiger charge is -2.33. The molecular weight excluding hydrogens is 240 g/mol. The number of fused-ring (bicyclic) bond motifs is 1. The second kappa shape index (κ2) is 5.33. The molecule has 1 aromatic heterocycles. The molecule has 3 rings (SSSR count). The molecule has 2 aliphatic heterocycles. The van der Waals surface area contributed by atoms with Crippen LogP contribution in [-0.2, 0) is 17.9 Å². The van der Waals surface area contributed by atoms with Crippen molar-refractivity contribution in [3.8, 4) is 0 Å². The summed E-state index contributed by atoms with van der Waals surface area (Å²) in [4.78, 5) is 18.6. The van der Waals surface area contributed by atoms with Gasteiger partial charge in [0.05, 0.1) is 6.54 Å². The molecule has 0 spiro atoms. The van der Waals surface area contributed by atoms with Gasteiger partial charge in [0.1, 0.15) is 5.82 Å². The highest BCUT2D eigenvalue weighted by Gasteiger charge is 2.27. The Labute approximate surface area is 114 Å². The largest absolute Gasteiger partial charge is 0.333 e. The molecule has 1 N–H and O–H groups in total. The van der Waals surface area contributed by atoms with Gasteiger partial charge in [-0.25, -0.2) is 4.98 Å². The topological polar surface area (TPSA) is 50.2 Å².